The molecule has 2 unspecified atom stereocenters. The summed E-state index contributed by atoms with van der Waals surface area (Å²) in [6.45, 7) is 10.5. The van der Waals surface area contributed by atoms with Crippen LogP contribution < -0.4 is 10.5 Å². The molecule has 0 spiro atoms. The van der Waals surface area contributed by atoms with Crippen molar-refractivity contribution in [1.82, 2.24) is 14.7 Å². The molecular weight excluding hydrogens is 332 g/mol. The molecule has 2 atom stereocenters. The van der Waals surface area contributed by atoms with Crippen molar-refractivity contribution in [1.29, 1.82) is 0 Å². The summed E-state index contributed by atoms with van der Waals surface area (Å²) in [5, 5.41) is 4.20. The first-order valence-electron chi connectivity index (χ1n) is 7.99. The van der Waals surface area contributed by atoms with E-state index in [1.807, 2.05) is 39.5 Å². The summed E-state index contributed by atoms with van der Waals surface area (Å²) in [6.07, 6.45) is 1.27. The fourth-order valence-electron chi connectivity index (χ4n) is 2.74. The van der Waals surface area contributed by atoms with Gasteiger partial charge in [-0.2, -0.15) is 5.10 Å². The van der Waals surface area contributed by atoms with Crippen molar-refractivity contribution in [2.45, 2.75) is 52.3 Å². The molecule has 1 aromatic heterocycles. The standard InChI is InChI=1S/C16H25ClN4O3/c1-10-9-21(15(23)24-16(3,4)5)11(2)8-20(10)12-7-18-19(6)14(22)13(12)17/h7,10-11H,8-9H2,1-6H3. The van der Waals surface area contributed by atoms with Gasteiger partial charge in [-0.1, -0.05) is 11.6 Å². The summed E-state index contributed by atoms with van der Waals surface area (Å²) in [5.41, 5.74) is -0.262. The average molecular weight is 357 g/mol. The van der Waals surface area contributed by atoms with Crippen molar-refractivity contribution in [2.75, 3.05) is 18.0 Å². The van der Waals surface area contributed by atoms with E-state index in [0.29, 0.717) is 18.8 Å². The molecule has 2 heterocycles. The Morgan fingerprint density at radius 2 is 1.92 bits per heavy atom. The number of aryl methyl sites for hydroxylation is 1. The zero-order valence-corrected chi connectivity index (χ0v) is 15.8. The molecule has 1 amide bonds. The van der Waals surface area contributed by atoms with Crippen molar-refractivity contribution >= 4 is 23.4 Å². The van der Waals surface area contributed by atoms with Gasteiger partial charge >= 0.3 is 6.09 Å². The number of hydrogen-bond donors (Lipinski definition) is 0. The lowest BCUT2D eigenvalue weighted by Crippen LogP contribution is -2.59. The first-order valence-corrected chi connectivity index (χ1v) is 8.37. The smallest absolute Gasteiger partial charge is 0.410 e. The monoisotopic (exact) mass is 356 g/mol. The van der Waals surface area contributed by atoms with Crippen molar-refractivity contribution in [2.24, 2.45) is 7.05 Å². The number of piperazine rings is 1. The zero-order chi connectivity index (χ0) is 18.2. The molecule has 0 bridgehead atoms. The quantitative estimate of drug-likeness (QED) is 0.772. The second-order valence-electron chi connectivity index (χ2n) is 7.26. The molecule has 7 nitrogen and oxygen atoms in total. The van der Waals surface area contributed by atoms with E-state index in [4.69, 9.17) is 16.3 Å². The van der Waals surface area contributed by atoms with Crippen molar-refractivity contribution in [3.63, 3.8) is 0 Å². The molecule has 0 aliphatic carbocycles. The molecule has 1 saturated heterocycles. The van der Waals surface area contributed by atoms with E-state index in [-0.39, 0.29) is 28.8 Å². The summed E-state index contributed by atoms with van der Waals surface area (Å²) < 4.78 is 6.68. The third-order valence-corrected chi connectivity index (χ3v) is 4.34. The highest BCUT2D eigenvalue weighted by Crippen LogP contribution is 2.28. The Bertz CT molecular complexity index is 683. The van der Waals surface area contributed by atoms with Crippen LogP contribution in [0.25, 0.3) is 0 Å². The summed E-state index contributed by atoms with van der Waals surface area (Å²) in [7, 11) is 1.56. The minimum Gasteiger partial charge on any atom is -0.444 e. The van der Waals surface area contributed by atoms with Crippen LogP contribution in [0.5, 0.6) is 0 Å². The molecule has 0 saturated carbocycles. The fourth-order valence-corrected chi connectivity index (χ4v) is 3.02. The third kappa shape index (κ3) is 3.83. The van der Waals surface area contributed by atoms with Gasteiger partial charge in [0.15, 0.2) is 0 Å². The normalized spacial score (nSPS) is 21.8. The number of carbonyl (C=O) groups excluding carboxylic acids is 1. The van der Waals surface area contributed by atoms with E-state index in [0.717, 1.165) is 0 Å². The Kier molecular flexibility index (Phi) is 5.13. The lowest BCUT2D eigenvalue weighted by molar-refractivity contribution is 0.0130. The second-order valence-corrected chi connectivity index (χ2v) is 7.63. The van der Waals surface area contributed by atoms with Gasteiger partial charge in [-0.15, -0.1) is 0 Å². The predicted octanol–water partition coefficient (Wildman–Crippen LogP) is 2.27. The molecule has 0 N–H and O–H groups in total. The minimum absolute atomic E-state index is 0.0138. The van der Waals surface area contributed by atoms with Crippen LogP contribution in [0.4, 0.5) is 10.5 Å². The van der Waals surface area contributed by atoms with Crippen LogP contribution >= 0.6 is 11.6 Å². The van der Waals surface area contributed by atoms with Gasteiger partial charge in [-0.05, 0) is 34.6 Å². The van der Waals surface area contributed by atoms with Gasteiger partial charge in [-0.3, -0.25) is 4.79 Å². The Morgan fingerprint density at radius 3 is 2.50 bits per heavy atom. The molecule has 2 rings (SSSR count). The van der Waals surface area contributed by atoms with Gasteiger partial charge in [-0.25, -0.2) is 9.48 Å². The van der Waals surface area contributed by atoms with E-state index in [9.17, 15) is 9.59 Å². The van der Waals surface area contributed by atoms with Crippen LogP contribution in [-0.2, 0) is 11.8 Å². The molecule has 1 fully saturated rings. The number of hydrogen-bond acceptors (Lipinski definition) is 5. The summed E-state index contributed by atoms with van der Waals surface area (Å²) in [5.74, 6) is 0. The maximum Gasteiger partial charge on any atom is 0.410 e. The fraction of sp³-hybridized carbons (Fsp3) is 0.688. The van der Waals surface area contributed by atoms with Gasteiger partial charge in [0.2, 0.25) is 0 Å². The second kappa shape index (κ2) is 6.63. The van der Waals surface area contributed by atoms with Crippen LogP contribution in [-0.4, -0.2) is 51.5 Å². The maximum atomic E-state index is 12.4. The Morgan fingerprint density at radius 1 is 1.29 bits per heavy atom. The first-order chi connectivity index (χ1) is 11.0. The van der Waals surface area contributed by atoms with Crippen LogP contribution in [0.1, 0.15) is 34.6 Å². The number of halogens is 1. The molecule has 1 aliphatic rings. The Balaban J connectivity index is 2.21. The molecule has 0 aromatic carbocycles. The maximum absolute atomic E-state index is 12.4. The molecule has 24 heavy (non-hydrogen) atoms. The highest BCUT2D eigenvalue weighted by molar-refractivity contribution is 6.33. The number of rotatable bonds is 1. The first kappa shape index (κ1) is 18.6. The molecular formula is C16H25ClN4O3. The summed E-state index contributed by atoms with van der Waals surface area (Å²) in [6, 6.07) is -0.0868. The van der Waals surface area contributed by atoms with E-state index in [1.54, 1.807) is 18.1 Å². The topological polar surface area (TPSA) is 67.7 Å². The van der Waals surface area contributed by atoms with E-state index >= 15 is 0 Å². The molecule has 1 aromatic rings. The van der Waals surface area contributed by atoms with Gasteiger partial charge in [0, 0.05) is 32.2 Å². The average Bonchev–Trinajstić information content (AvgIpc) is 2.45. The Hall–Kier alpha value is -1.76. The highest BCUT2D eigenvalue weighted by Gasteiger charge is 2.35. The van der Waals surface area contributed by atoms with Gasteiger partial charge < -0.3 is 14.5 Å². The SMILES string of the molecule is CC1CN(c2cnn(C)c(=O)c2Cl)C(C)CN1C(=O)OC(C)(C)C. The minimum atomic E-state index is -0.532. The van der Waals surface area contributed by atoms with Gasteiger partial charge in [0.05, 0.1) is 11.9 Å². The number of nitrogens with zero attached hydrogens (tertiary/aromatic N) is 4. The van der Waals surface area contributed by atoms with Gasteiger partial charge in [0.25, 0.3) is 5.56 Å². The number of carbonyl (C=O) groups is 1. The molecule has 0 radical (unpaired) electrons. The van der Waals surface area contributed by atoms with Crippen LogP contribution in [0.15, 0.2) is 11.0 Å². The summed E-state index contributed by atoms with van der Waals surface area (Å²) in [4.78, 5) is 28.1. The number of aromatic nitrogens is 2. The third-order valence-electron chi connectivity index (χ3n) is 3.98. The van der Waals surface area contributed by atoms with E-state index in [1.165, 1.54) is 4.68 Å². The lowest BCUT2D eigenvalue weighted by Gasteiger charge is -2.45. The van der Waals surface area contributed by atoms with Crippen molar-refractivity contribution < 1.29 is 9.53 Å². The number of amides is 1. The van der Waals surface area contributed by atoms with Crippen LogP contribution in [0.2, 0.25) is 5.02 Å². The highest BCUT2D eigenvalue weighted by atomic mass is 35.5. The number of ether oxygens (including phenoxy) is 1. The Labute approximate surface area is 147 Å². The zero-order valence-electron chi connectivity index (χ0n) is 15.0. The lowest BCUT2D eigenvalue weighted by atomic mass is 10.1. The largest absolute Gasteiger partial charge is 0.444 e. The molecule has 8 heteroatoms. The molecule has 134 valence electrons. The van der Waals surface area contributed by atoms with E-state index < -0.39 is 5.60 Å². The summed E-state index contributed by atoms with van der Waals surface area (Å²) >= 11 is 6.21. The van der Waals surface area contributed by atoms with Crippen LogP contribution in [0, 0.1) is 0 Å². The number of anilines is 1. The predicted molar refractivity (Wildman–Crippen MR) is 93.7 cm³/mol. The van der Waals surface area contributed by atoms with Crippen molar-refractivity contribution in [3.8, 4) is 0 Å². The van der Waals surface area contributed by atoms with E-state index in [2.05, 4.69) is 5.10 Å². The van der Waals surface area contributed by atoms with Gasteiger partial charge in [0.1, 0.15) is 10.6 Å². The molecule has 1 aliphatic heterocycles. The van der Waals surface area contributed by atoms with Crippen molar-refractivity contribution in [3.05, 3.63) is 21.6 Å². The van der Waals surface area contributed by atoms with Crippen LogP contribution in [0.3, 0.4) is 0 Å².